The molecule has 2 heterocycles. The van der Waals surface area contributed by atoms with Crippen molar-refractivity contribution in [2.75, 3.05) is 21.2 Å². The van der Waals surface area contributed by atoms with Gasteiger partial charge in [-0.25, -0.2) is 4.79 Å². The van der Waals surface area contributed by atoms with Crippen LogP contribution in [0.3, 0.4) is 0 Å². The second-order valence-electron chi connectivity index (χ2n) is 13.7. The van der Waals surface area contributed by atoms with Crippen molar-refractivity contribution in [2.24, 2.45) is 23.7 Å². The van der Waals surface area contributed by atoms with E-state index in [1.807, 2.05) is 25.9 Å². The van der Waals surface area contributed by atoms with Crippen molar-refractivity contribution in [3.05, 3.63) is 0 Å². The largest absolute Gasteiger partial charge is 0.508 e. The monoisotopic (exact) mass is 635 g/mol. The molecule has 13 heteroatoms. The lowest BCUT2D eigenvalue weighted by atomic mass is 9.73. The van der Waals surface area contributed by atoms with Crippen LogP contribution in [0, 0.1) is 23.7 Å². The van der Waals surface area contributed by atoms with Crippen LogP contribution in [0.1, 0.15) is 74.7 Å². The minimum absolute atomic E-state index is 0.0625. The SMILES string of the molecule is CC[C@H]1OC(=O)[C@H](C)[C@@H](O)[C@H](C)[C@@H](O[C@@H]2O[C@H](C)C[C@H](N(C)C)[C@H]2OC(=O)OC)[C@](C)(O)C[C@@H](C)[C@H](O)[C@H](C)[C@@H](O)[C@]1(C)O. The molecule has 0 unspecified atom stereocenters. The number of hydrogen-bond donors (Lipinski definition) is 5. The summed E-state index contributed by atoms with van der Waals surface area (Å²) in [4.78, 5) is 27.4. The van der Waals surface area contributed by atoms with Crippen molar-refractivity contribution >= 4 is 12.1 Å². The lowest BCUT2D eigenvalue weighted by Crippen LogP contribution is -2.61. The molecule has 44 heavy (non-hydrogen) atoms. The Morgan fingerprint density at radius 1 is 1.02 bits per heavy atom. The molecule has 0 spiro atoms. The third-order valence-corrected chi connectivity index (χ3v) is 9.68. The molecule has 5 N–H and O–H groups in total. The summed E-state index contributed by atoms with van der Waals surface area (Å²) in [6, 6.07) is -0.345. The summed E-state index contributed by atoms with van der Waals surface area (Å²) in [5.74, 6) is -4.37. The number of rotatable bonds is 5. The van der Waals surface area contributed by atoms with Crippen molar-refractivity contribution in [3.63, 3.8) is 0 Å². The summed E-state index contributed by atoms with van der Waals surface area (Å²) in [5, 5.41) is 57.2. The molecule has 0 radical (unpaired) electrons. The molecule has 2 rings (SSSR count). The van der Waals surface area contributed by atoms with Crippen molar-refractivity contribution in [2.45, 2.75) is 141 Å². The molecule has 0 saturated carbocycles. The Balaban J connectivity index is 2.61. The van der Waals surface area contributed by atoms with Gasteiger partial charge in [-0.2, -0.15) is 0 Å². The number of ether oxygens (including phenoxy) is 5. The number of nitrogens with zero attached hydrogens (tertiary/aromatic N) is 1. The van der Waals surface area contributed by atoms with Gasteiger partial charge in [0.1, 0.15) is 11.7 Å². The molecule has 0 aliphatic carbocycles. The quantitative estimate of drug-likeness (QED) is 0.274. The zero-order valence-corrected chi connectivity index (χ0v) is 28.2. The van der Waals surface area contributed by atoms with E-state index in [1.165, 1.54) is 27.9 Å². The maximum atomic E-state index is 13.3. The first-order valence-corrected chi connectivity index (χ1v) is 15.6. The van der Waals surface area contributed by atoms with E-state index in [4.69, 9.17) is 23.7 Å². The predicted molar refractivity (Wildman–Crippen MR) is 159 cm³/mol. The number of likely N-dealkylation sites (N-methyl/N-ethyl adjacent to an activating group) is 1. The minimum atomic E-state index is -1.91. The Hall–Kier alpha value is -1.58. The highest BCUT2D eigenvalue weighted by atomic mass is 16.8. The van der Waals surface area contributed by atoms with Crippen molar-refractivity contribution in [3.8, 4) is 0 Å². The summed E-state index contributed by atoms with van der Waals surface area (Å²) >= 11 is 0. The lowest BCUT2D eigenvalue weighted by molar-refractivity contribution is -0.300. The van der Waals surface area contributed by atoms with E-state index < -0.39 is 89.9 Å². The molecule has 2 aliphatic rings. The first kappa shape index (κ1) is 38.6. The first-order chi connectivity index (χ1) is 20.2. The molecule has 13 nitrogen and oxygen atoms in total. The van der Waals surface area contributed by atoms with Crippen LogP contribution in [0.5, 0.6) is 0 Å². The molecule has 2 aliphatic heterocycles. The van der Waals surface area contributed by atoms with E-state index in [9.17, 15) is 35.1 Å². The number of esters is 1. The van der Waals surface area contributed by atoms with Crippen molar-refractivity contribution < 1.29 is 58.8 Å². The minimum Gasteiger partial charge on any atom is -0.459 e. The zero-order valence-electron chi connectivity index (χ0n) is 28.2. The van der Waals surface area contributed by atoms with Gasteiger partial charge in [0.2, 0.25) is 0 Å². The smallest absolute Gasteiger partial charge is 0.459 e. The van der Waals surface area contributed by atoms with Crippen LogP contribution in [-0.4, -0.2) is 130 Å². The number of aliphatic hydroxyl groups excluding tert-OH is 3. The fourth-order valence-electron chi connectivity index (χ4n) is 6.86. The highest BCUT2D eigenvalue weighted by Gasteiger charge is 2.52. The van der Waals surface area contributed by atoms with Gasteiger partial charge in [0.05, 0.1) is 55.2 Å². The zero-order chi connectivity index (χ0) is 33.9. The number of hydrogen-bond acceptors (Lipinski definition) is 13. The highest BCUT2D eigenvalue weighted by molar-refractivity contribution is 5.73. The van der Waals surface area contributed by atoms with Crippen LogP contribution < -0.4 is 0 Å². The maximum Gasteiger partial charge on any atom is 0.508 e. The molecule has 0 bridgehead atoms. The van der Waals surface area contributed by atoms with E-state index in [0.29, 0.717) is 6.42 Å². The number of cyclic esters (lactones) is 1. The fraction of sp³-hybridized carbons (Fsp3) is 0.935. The van der Waals surface area contributed by atoms with Gasteiger partial charge in [0, 0.05) is 11.8 Å². The average Bonchev–Trinajstić information content (AvgIpc) is 2.95. The van der Waals surface area contributed by atoms with E-state index in [0.717, 1.165) is 0 Å². The Kier molecular flexibility index (Phi) is 13.5. The van der Waals surface area contributed by atoms with Crippen LogP contribution in [0.4, 0.5) is 4.79 Å². The first-order valence-electron chi connectivity index (χ1n) is 15.6. The van der Waals surface area contributed by atoms with Crippen molar-refractivity contribution in [1.82, 2.24) is 4.90 Å². The van der Waals surface area contributed by atoms with Gasteiger partial charge in [-0.05, 0) is 67.0 Å². The van der Waals surface area contributed by atoms with Crippen molar-refractivity contribution in [1.29, 1.82) is 0 Å². The normalized spacial score (nSPS) is 46.6. The predicted octanol–water partition coefficient (Wildman–Crippen LogP) is 1.44. The molecule has 0 aromatic rings. The fourth-order valence-corrected chi connectivity index (χ4v) is 6.86. The van der Waals surface area contributed by atoms with Gasteiger partial charge in [0.25, 0.3) is 0 Å². The topological polar surface area (TPSA) is 185 Å². The molecule has 2 saturated heterocycles. The third-order valence-electron chi connectivity index (χ3n) is 9.68. The Bertz CT molecular complexity index is 945. The number of carbonyl (C=O) groups is 2. The Morgan fingerprint density at radius 2 is 1.61 bits per heavy atom. The number of methoxy groups -OCH3 is 1. The Morgan fingerprint density at radius 3 is 2.14 bits per heavy atom. The summed E-state index contributed by atoms with van der Waals surface area (Å²) in [5.41, 5.74) is -3.66. The molecule has 2 fully saturated rings. The third kappa shape index (κ3) is 8.61. The van der Waals surface area contributed by atoms with E-state index in [1.54, 1.807) is 27.7 Å². The van der Waals surface area contributed by atoms with Crippen LogP contribution in [-0.2, 0) is 28.5 Å². The maximum absolute atomic E-state index is 13.3. The molecule has 0 amide bonds. The Labute approximate surface area is 261 Å². The number of aliphatic hydroxyl groups is 5. The van der Waals surface area contributed by atoms with Gasteiger partial charge in [-0.3, -0.25) is 4.79 Å². The van der Waals surface area contributed by atoms with Gasteiger partial charge >= 0.3 is 12.1 Å². The molecule has 0 aromatic heterocycles. The van der Waals surface area contributed by atoms with Gasteiger partial charge in [0.15, 0.2) is 12.4 Å². The molecular formula is C31H57NO12. The molecule has 0 aromatic carbocycles. The van der Waals surface area contributed by atoms with Gasteiger partial charge < -0.3 is 54.1 Å². The summed E-state index contributed by atoms with van der Waals surface area (Å²) < 4.78 is 28.6. The lowest BCUT2D eigenvalue weighted by Gasteiger charge is -2.48. The van der Waals surface area contributed by atoms with Gasteiger partial charge in [-0.15, -0.1) is 0 Å². The summed E-state index contributed by atoms with van der Waals surface area (Å²) in [6.07, 6.45) is -9.27. The van der Waals surface area contributed by atoms with E-state index in [2.05, 4.69) is 0 Å². The van der Waals surface area contributed by atoms with Crippen LogP contribution in [0.25, 0.3) is 0 Å². The second kappa shape index (κ2) is 15.3. The second-order valence-corrected chi connectivity index (χ2v) is 13.7. The van der Waals surface area contributed by atoms with Crippen LogP contribution in [0.2, 0.25) is 0 Å². The molecular weight excluding hydrogens is 578 g/mol. The summed E-state index contributed by atoms with van der Waals surface area (Å²) in [6.45, 7) is 12.7. The standard InChI is InChI=1S/C31H57NO12/c1-12-21-31(8,39)25(35)17(4)22(33)15(2)14-30(7,38)26(18(5)23(34)19(6)27(36)42-21)44-28-24(43-29(37)40-11)20(32(9)10)13-16(3)41-28/h15-26,28,33-35,38-39H,12-14H2,1-11H3/t15-,16-,17+,18+,19-,20+,21-,22+,23+,24-,25-,26-,28+,30-,31-/m1/s1. The average molecular weight is 636 g/mol. The van der Waals surface area contributed by atoms with Crippen LogP contribution in [0.15, 0.2) is 0 Å². The van der Waals surface area contributed by atoms with E-state index in [-0.39, 0.29) is 25.0 Å². The molecule has 15 atom stereocenters. The number of carbonyl (C=O) groups excluding carboxylic acids is 2. The summed E-state index contributed by atoms with van der Waals surface area (Å²) in [7, 11) is 4.83. The van der Waals surface area contributed by atoms with Crippen LogP contribution >= 0.6 is 0 Å². The molecule has 258 valence electrons. The van der Waals surface area contributed by atoms with E-state index >= 15 is 0 Å². The highest BCUT2D eigenvalue weighted by Crippen LogP contribution is 2.39. The van der Waals surface area contributed by atoms with Gasteiger partial charge in [-0.1, -0.05) is 27.7 Å².